The van der Waals surface area contributed by atoms with E-state index in [0.29, 0.717) is 37.2 Å². The Morgan fingerprint density at radius 1 is 1.55 bits per heavy atom. The minimum atomic E-state index is -2.33. The first kappa shape index (κ1) is 9.56. The molecule has 1 spiro atoms. The number of hydrogen-bond donors (Lipinski definition) is 0. The number of ketones is 1. The number of nitrogens with zero attached hydrogens (tertiary/aromatic N) is 1. The highest BCUT2D eigenvalue weighted by Gasteiger charge is 2.65. The van der Waals surface area contributed by atoms with Crippen LogP contribution in [0.4, 0.5) is 0 Å². The Morgan fingerprint density at radius 2 is 2.45 bits per heavy atom. The van der Waals surface area contributed by atoms with Gasteiger partial charge in [0.25, 0.3) is 0 Å². The topological polar surface area (TPSA) is 38.8 Å². The minimum Gasteiger partial charge on any atom is -0.493 e. The molecule has 0 radical (unpaired) electrons. The van der Waals surface area contributed by atoms with Crippen LogP contribution in [0, 0.1) is 5.92 Å². The Morgan fingerprint density at radius 3 is 3.27 bits per heavy atom. The summed E-state index contributed by atoms with van der Waals surface area (Å²) in [6.45, 7) is -2.06. The molecule has 1 saturated carbocycles. The third-order valence-electron chi connectivity index (χ3n) is 6.06. The summed E-state index contributed by atoms with van der Waals surface area (Å²) in [5, 5.41) is 0. The number of likely N-dealkylation sites (tertiary alicyclic amines) is 1. The van der Waals surface area contributed by atoms with Crippen LogP contribution in [-0.2, 0) is 16.6 Å². The molecule has 4 nitrogen and oxygen atoms in total. The fourth-order valence-electron chi connectivity index (χ4n) is 5.22. The standard InChI is InChI=1S/C18H21NO3/c1-19-8-7-18-11-4-5-13(20)17(18)22-16-14(21-2)6-3-10(15(16)18)9-12(11)19/h3,6,11-12,17H,4-5,7-9H2,1-2H3/t11-,12+,17?,18-/m0/s1/i1D3,12D. The van der Waals surface area contributed by atoms with Gasteiger partial charge in [0.05, 0.1) is 7.11 Å². The molecule has 4 atom stereocenters. The van der Waals surface area contributed by atoms with Gasteiger partial charge in [0.15, 0.2) is 23.4 Å². The highest BCUT2D eigenvalue weighted by Crippen LogP contribution is 2.62. The van der Waals surface area contributed by atoms with Crippen molar-refractivity contribution in [2.45, 2.75) is 43.2 Å². The molecule has 116 valence electrons. The van der Waals surface area contributed by atoms with Crippen LogP contribution in [0.25, 0.3) is 0 Å². The van der Waals surface area contributed by atoms with Crippen LogP contribution in [-0.4, -0.2) is 43.4 Å². The van der Waals surface area contributed by atoms with Crippen molar-refractivity contribution in [2.75, 3.05) is 20.6 Å². The van der Waals surface area contributed by atoms with E-state index in [1.54, 1.807) is 13.2 Å². The number of Topliss-reactive ketones (excluding diaryl/α,β-unsaturated/α-hetero) is 1. The number of ether oxygens (including phenoxy) is 2. The zero-order valence-electron chi connectivity index (χ0n) is 16.5. The molecule has 4 aliphatic rings. The summed E-state index contributed by atoms with van der Waals surface area (Å²) < 4.78 is 44.7. The summed E-state index contributed by atoms with van der Waals surface area (Å²) in [5.74, 6) is 1.04. The van der Waals surface area contributed by atoms with Gasteiger partial charge >= 0.3 is 0 Å². The second-order valence-corrected chi connectivity index (χ2v) is 6.80. The monoisotopic (exact) mass is 303 g/mol. The van der Waals surface area contributed by atoms with Crippen molar-refractivity contribution in [1.82, 2.24) is 4.90 Å². The number of likely N-dealkylation sites (N-methyl/N-ethyl adjacent to an activating group) is 1. The Labute approximate surface area is 136 Å². The molecule has 22 heavy (non-hydrogen) atoms. The van der Waals surface area contributed by atoms with Crippen LogP contribution in [0.1, 0.15) is 35.9 Å². The van der Waals surface area contributed by atoms with Crippen LogP contribution in [0.5, 0.6) is 11.5 Å². The fourth-order valence-corrected chi connectivity index (χ4v) is 5.22. The van der Waals surface area contributed by atoms with E-state index in [1.807, 2.05) is 6.07 Å². The van der Waals surface area contributed by atoms with E-state index < -0.39 is 24.5 Å². The van der Waals surface area contributed by atoms with Crippen LogP contribution >= 0.6 is 0 Å². The summed E-state index contributed by atoms with van der Waals surface area (Å²) >= 11 is 0. The first-order chi connectivity index (χ1) is 12.2. The maximum atomic E-state index is 12.8. The van der Waals surface area contributed by atoms with E-state index in [1.165, 1.54) is 4.90 Å². The molecule has 2 heterocycles. The average molecular weight is 303 g/mol. The molecule has 5 rings (SSSR count). The molecule has 1 aromatic rings. The zero-order valence-corrected chi connectivity index (χ0v) is 12.5. The van der Waals surface area contributed by atoms with Gasteiger partial charge in [-0.15, -0.1) is 0 Å². The largest absolute Gasteiger partial charge is 0.493 e. The summed E-state index contributed by atoms with van der Waals surface area (Å²) in [4.78, 5) is 14.1. The molecule has 2 fully saturated rings. The summed E-state index contributed by atoms with van der Waals surface area (Å²) in [6, 6.07) is 2.45. The predicted molar refractivity (Wildman–Crippen MR) is 81.6 cm³/mol. The van der Waals surface area contributed by atoms with E-state index in [-0.39, 0.29) is 18.2 Å². The molecule has 2 bridgehead atoms. The molecular weight excluding hydrogens is 278 g/mol. The van der Waals surface area contributed by atoms with E-state index in [9.17, 15) is 6.17 Å². The summed E-state index contributed by atoms with van der Waals surface area (Å²) in [7, 11) is 1.58. The molecular formula is C18H21NO3. The normalized spacial score (nSPS) is 45.0. The van der Waals surface area contributed by atoms with Gasteiger partial charge in [0.1, 0.15) is 0 Å². The van der Waals surface area contributed by atoms with Gasteiger partial charge in [-0.25, -0.2) is 0 Å². The second kappa shape index (κ2) is 4.05. The van der Waals surface area contributed by atoms with Gasteiger partial charge in [0, 0.05) is 28.9 Å². The predicted octanol–water partition coefficient (Wildman–Crippen LogP) is 1.93. The maximum Gasteiger partial charge on any atom is 0.174 e. The van der Waals surface area contributed by atoms with Gasteiger partial charge in [-0.05, 0) is 50.3 Å². The highest BCUT2D eigenvalue weighted by molar-refractivity contribution is 5.89. The smallest absolute Gasteiger partial charge is 0.174 e. The molecule has 1 saturated heterocycles. The van der Waals surface area contributed by atoms with Crippen molar-refractivity contribution < 1.29 is 19.8 Å². The number of benzene rings is 1. The average Bonchev–Trinajstić information content (AvgIpc) is 2.90. The lowest BCUT2D eigenvalue weighted by atomic mass is 9.52. The number of carbonyl (C=O) groups is 1. The van der Waals surface area contributed by atoms with E-state index in [2.05, 4.69) is 0 Å². The van der Waals surface area contributed by atoms with Crippen molar-refractivity contribution in [3.63, 3.8) is 0 Å². The maximum absolute atomic E-state index is 12.8. The molecule has 0 aromatic heterocycles. The minimum absolute atomic E-state index is 0.0528. The first-order valence-corrected chi connectivity index (χ1v) is 7.91. The Hall–Kier alpha value is -1.55. The number of piperidine rings is 1. The molecule has 0 N–H and O–H groups in total. The van der Waals surface area contributed by atoms with Crippen LogP contribution in [0.2, 0.25) is 0 Å². The third-order valence-corrected chi connectivity index (χ3v) is 6.06. The van der Waals surface area contributed by atoms with Crippen LogP contribution in [0.15, 0.2) is 12.1 Å². The lowest BCUT2D eigenvalue weighted by Gasteiger charge is -2.57. The quantitative estimate of drug-likeness (QED) is 0.795. The van der Waals surface area contributed by atoms with Crippen molar-refractivity contribution in [1.29, 1.82) is 0 Å². The number of carbonyl (C=O) groups excluding carboxylic acids is 1. The van der Waals surface area contributed by atoms with Crippen LogP contribution in [0.3, 0.4) is 0 Å². The molecule has 0 amide bonds. The van der Waals surface area contributed by atoms with Gasteiger partial charge in [-0.2, -0.15) is 0 Å². The van der Waals surface area contributed by atoms with Crippen LogP contribution < -0.4 is 9.47 Å². The summed E-state index contributed by atoms with van der Waals surface area (Å²) in [6.07, 6.45) is 1.08. The van der Waals surface area contributed by atoms with Crippen molar-refractivity contribution in [2.24, 2.45) is 5.92 Å². The van der Waals surface area contributed by atoms with E-state index >= 15 is 0 Å². The van der Waals surface area contributed by atoms with Crippen molar-refractivity contribution in [3.8, 4) is 11.5 Å². The van der Waals surface area contributed by atoms with Gasteiger partial charge in [-0.1, -0.05) is 6.07 Å². The Bertz CT molecular complexity index is 825. The molecule has 1 aromatic carbocycles. The lowest BCUT2D eigenvalue weighted by molar-refractivity contribution is -0.138. The highest BCUT2D eigenvalue weighted by atomic mass is 16.5. The fraction of sp³-hybridized carbons (Fsp3) is 0.611. The lowest BCUT2D eigenvalue weighted by Crippen LogP contribution is -2.65. The molecule has 2 aliphatic heterocycles. The van der Waals surface area contributed by atoms with Gasteiger partial charge < -0.3 is 14.4 Å². The van der Waals surface area contributed by atoms with E-state index in [0.717, 1.165) is 11.1 Å². The molecule has 1 unspecified atom stereocenters. The molecule has 4 heteroatoms. The second-order valence-electron chi connectivity index (χ2n) is 6.80. The van der Waals surface area contributed by atoms with Gasteiger partial charge in [0.2, 0.25) is 0 Å². The van der Waals surface area contributed by atoms with Crippen molar-refractivity contribution in [3.05, 3.63) is 23.3 Å². The van der Waals surface area contributed by atoms with Gasteiger partial charge in [-0.3, -0.25) is 4.79 Å². The molecule has 2 aliphatic carbocycles. The number of rotatable bonds is 1. The summed E-state index contributed by atoms with van der Waals surface area (Å²) in [5.41, 5.74) is 1.31. The number of methoxy groups -OCH3 is 1. The van der Waals surface area contributed by atoms with E-state index in [4.69, 9.17) is 13.6 Å². The van der Waals surface area contributed by atoms with Crippen molar-refractivity contribution >= 4 is 5.78 Å². The first-order valence-electron chi connectivity index (χ1n) is 9.91. The third kappa shape index (κ3) is 1.27. The zero-order chi connectivity index (χ0) is 18.5. The Kier molecular flexibility index (Phi) is 1.76. The SMILES string of the molecule is [2H]C([2H])([2H])N1CC[C@]23c4c5ccc(OC)c4OC2C(=O)CC[C@H]3[C@@]1([2H])C5. The Balaban J connectivity index is 1.79. The number of hydrogen-bond acceptors (Lipinski definition) is 4.